The Bertz CT molecular complexity index is 808. The van der Waals surface area contributed by atoms with Crippen LogP contribution in [0, 0.1) is 0 Å². The first kappa shape index (κ1) is 24.7. The van der Waals surface area contributed by atoms with Crippen molar-refractivity contribution in [2.24, 2.45) is 0 Å². The second kappa shape index (κ2) is 11.2. The Hall–Kier alpha value is -1.53. The van der Waals surface area contributed by atoms with Crippen molar-refractivity contribution in [3.8, 4) is 22.6 Å². The normalized spacial score (nSPS) is 12.0. The van der Waals surface area contributed by atoms with E-state index in [0.29, 0.717) is 26.3 Å². The highest BCUT2D eigenvalue weighted by Crippen LogP contribution is 2.44. The van der Waals surface area contributed by atoms with Gasteiger partial charge in [0.1, 0.15) is 11.5 Å². The average Bonchev–Trinajstić information content (AvgIpc) is 2.72. The molecule has 2 aromatic rings. The van der Waals surface area contributed by atoms with Crippen LogP contribution in [0.3, 0.4) is 0 Å². The molecular formula is C27H41O2P. The Kier molecular flexibility index (Phi) is 9.23. The van der Waals surface area contributed by atoms with Crippen molar-refractivity contribution in [3.05, 3.63) is 41.0 Å². The van der Waals surface area contributed by atoms with Gasteiger partial charge in [0.2, 0.25) is 0 Å². The quantitative estimate of drug-likeness (QED) is 0.283. The molecule has 2 rings (SSSR count). The molecule has 1 unspecified atom stereocenters. The number of unbranched alkanes of at least 4 members (excludes halogenated alkanes) is 1. The number of hydrogen-bond donors (Lipinski definition) is 0. The fraction of sp³-hybridized carbons (Fsp3) is 0.556. The Morgan fingerprint density at radius 1 is 0.767 bits per heavy atom. The van der Waals surface area contributed by atoms with Gasteiger partial charge in [-0.25, -0.2) is 0 Å². The summed E-state index contributed by atoms with van der Waals surface area (Å²) in [6.45, 7) is 16.0. The summed E-state index contributed by atoms with van der Waals surface area (Å²) in [6, 6.07) is 9.00. The standard InChI is InChI=1S/C27H41O2P/c1-10-11-14-30-27-24(29-9)13-12-23(28-8)26(27)25-21(18(4)5)15-20(17(2)3)16-22(25)19(6)7/h12-13,15-19,30H,10-11,14H2,1-9H3. The predicted octanol–water partition coefficient (Wildman–Crippen LogP) is 7.84. The van der Waals surface area contributed by atoms with Gasteiger partial charge in [-0.2, -0.15) is 0 Å². The molecule has 2 nitrogen and oxygen atoms in total. The third-order valence-electron chi connectivity index (χ3n) is 5.78. The molecule has 166 valence electrons. The minimum absolute atomic E-state index is 0.430. The summed E-state index contributed by atoms with van der Waals surface area (Å²) in [5, 5.41) is 1.31. The third kappa shape index (κ3) is 5.38. The molecule has 2 aromatic carbocycles. The van der Waals surface area contributed by atoms with E-state index in [9.17, 15) is 0 Å². The third-order valence-corrected chi connectivity index (χ3v) is 7.24. The summed E-state index contributed by atoms with van der Waals surface area (Å²) < 4.78 is 11.8. The van der Waals surface area contributed by atoms with Crippen LogP contribution in [0.2, 0.25) is 0 Å². The van der Waals surface area contributed by atoms with Crippen molar-refractivity contribution in [1.82, 2.24) is 0 Å². The molecule has 0 amide bonds. The van der Waals surface area contributed by atoms with Gasteiger partial charge in [0.25, 0.3) is 0 Å². The molecule has 0 saturated heterocycles. The van der Waals surface area contributed by atoms with Crippen LogP contribution >= 0.6 is 8.58 Å². The molecule has 30 heavy (non-hydrogen) atoms. The minimum Gasteiger partial charge on any atom is -0.496 e. The molecular weight excluding hydrogens is 387 g/mol. The van der Waals surface area contributed by atoms with Crippen LogP contribution in [0.4, 0.5) is 0 Å². The first-order valence-electron chi connectivity index (χ1n) is 11.4. The molecule has 0 aliphatic heterocycles. The summed E-state index contributed by atoms with van der Waals surface area (Å²) in [7, 11) is 4.28. The van der Waals surface area contributed by atoms with E-state index >= 15 is 0 Å². The number of hydrogen-bond acceptors (Lipinski definition) is 2. The Morgan fingerprint density at radius 2 is 1.30 bits per heavy atom. The molecule has 0 aliphatic rings. The SMILES string of the molecule is CCCCPc1c(OC)ccc(OC)c1-c1c(C(C)C)cc(C(C)C)cc1C(C)C. The highest BCUT2D eigenvalue weighted by molar-refractivity contribution is 7.47. The van der Waals surface area contributed by atoms with Gasteiger partial charge in [0, 0.05) is 10.9 Å². The molecule has 0 bridgehead atoms. The van der Waals surface area contributed by atoms with Gasteiger partial charge < -0.3 is 9.47 Å². The van der Waals surface area contributed by atoms with E-state index < -0.39 is 0 Å². The lowest BCUT2D eigenvalue weighted by molar-refractivity contribution is 0.407. The molecule has 0 heterocycles. The van der Waals surface area contributed by atoms with E-state index in [2.05, 4.69) is 72.7 Å². The highest BCUT2D eigenvalue weighted by Gasteiger charge is 2.25. The summed E-state index contributed by atoms with van der Waals surface area (Å²) >= 11 is 0. The molecule has 0 aliphatic carbocycles. The van der Waals surface area contributed by atoms with Crippen LogP contribution < -0.4 is 14.8 Å². The van der Waals surface area contributed by atoms with Crippen molar-refractivity contribution >= 4 is 13.9 Å². The lowest BCUT2D eigenvalue weighted by atomic mass is 9.81. The molecule has 0 spiro atoms. The second-order valence-corrected chi connectivity index (χ2v) is 10.4. The number of ether oxygens (including phenoxy) is 2. The summed E-state index contributed by atoms with van der Waals surface area (Å²) in [5.41, 5.74) is 6.85. The van der Waals surface area contributed by atoms with Crippen molar-refractivity contribution in [3.63, 3.8) is 0 Å². The smallest absolute Gasteiger partial charge is 0.127 e. The van der Waals surface area contributed by atoms with Gasteiger partial charge in [0.15, 0.2) is 0 Å². The number of benzene rings is 2. The van der Waals surface area contributed by atoms with Gasteiger partial charge in [0.05, 0.1) is 14.2 Å². The fourth-order valence-electron chi connectivity index (χ4n) is 3.96. The van der Waals surface area contributed by atoms with Gasteiger partial charge in [-0.15, -0.1) is 0 Å². The van der Waals surface area contributed by atoms with Gasteiger partial charge >= 0.3 is 0 Å². The van der Waals surface area contributed by atoms with Crippen LogP contribution in [0.15, 0.2) is 24.3 Å². The minimum atomic E-state index is 0.430. The largest absolute Gasteiger partial charge is 0.496 e. The first-order valence-corrected chi connectivity index (χ1v) is 12.6. The van der Waals surface area contributed by atoms with E-state index in [1.54, 1.807) is 14.2 Å². The van der Waals surface area contributed by atoms with Crippen LogP contribution in [0.1, 0.15) is 95.8 Å². The van der Waals surface area contributed by atoms with Crippen LogP contribution in [0.25, 0.3) is 11.1 Å². The maximum absolute atomic E-state index is 5.94. The van der Waals surface area contributed by atoms with Crippen LogP contribution in [-0.4, -0.2) is 20.4 Å². The van der Waals surface area contributed by atoms with Crippen LogP contribution in [0.5, 0.6) is 11.5 Å². The second-order valence-electron chi connectivity index (χ2n) is 9.04. The Morgan fingerprint density at radius 3 is 1.73 bits per heavy atom. The summed E-state index contributed by atoms with van der Waals surface area (Å²) in [4.78, 5) is 0. The number of rotatable bonds is 10. The fourth-order valence-corrected chi connectivity index (χ4v) is 5.53. The topological polar surface area (TPSA) is 18.5 Å². The molecule has 0 saturated carbocycles. The molecule has 0 aromatic heterocycles. The zero-order chi connectivity index (χ0) is 22.4. The Balaban J connectivity index is 2.93. The highest BCUT2D eigenvalue weighted by atomic mass is 31.1. The van der Waals surface area contributed by atoms with Gasteiger partial charge in [-0.1, -0.05) is 75.6 Å². The molecule has 0 fully saturated rings. The van der Waals surface area contributed by atoms with Gasteiger partial charge in [-0.05, 0) is 64.7 Å². The number of methoxy groups -OCH3 is 2. The molecule has 0 radical (unpaired) electrons. The zero-order valence-electron chi connectivity index (χ0n) is 20.5. The predicted molar refractivity (Wildman–Crippen MR) is 135 cm³/mol. The Labute approximate surface area is 186 Å². The molecule has 1 atom stereocenters. The van der Waals surface area contributed by atoms with Crippen molar-refractivity contribution in [2.45, 2.75) is 79.1 Å². The van der Waals surface area contributed by atoms with Crippen molar-refractivity contribution in [1.29, 1.82) is 0 Å². The van der Waals surface area contributed by atoms with Crippen molar-refractivity contribution < 1.29 is 9.47 Å². The van der Waals surface area contributed by atoms with E-state index in [4.69, 9.17) is 9.47 Å². The maximum atomic E-state index is 5.94. The molecule has 3 heteroatoms. The lowest BCUT2D eigenvalue weighted by Gasteiger charge is -2.26. The van der Waals surface area contributed by atoms with E-state index in [1.807, 2.05) is 0 Å². The molecule has 0 N–H and O–H groups in total. The maximum Gasteiger partial charge on any atom is 0.127 e. The van der Waals surface area contributed by atoms with E-state index in [0.717, 1.165) is 11.5 Å². The van der Waals surface area contributed by atoms with Gasteiger partial charge in [-0.3, -0.25) is 0 Å². The van der Waals surface area contributed by atoms with Crippen molar-refractivity contribution in [2.75, 3.05) is 20.4 Å². The first-order chi connectivity index (χ1) is 14.3. The van der Waals surface area contributed by atoms with E-state index in [1.165, 1.54) is 52.1 Å². The van der Waals surface area contributed by atoms with Crippen LogP contribution in [-0.2, 0) is 0 Å². The zero-order valence-corrected chi connectivity index (χ0v) is 21.5. The summed E-state index contributed by atoms with van der Waals surface area (Å²) in [6.07, 6.45) is 3.63. The lowest BCUT2D eigenvalue weighted by Crippen LogP contribution is -2.12. The average molecular weight is 429 g/mol. The van der Waals surface area contributed by atoms with E-state index in [-0.39, 0.29) is 0 Å². The monoisotopic (exact) mass is 428 g/mol. The summed E-state index contributed by atoms with van der Waals surface area (Å²) in [5.74, 6) is 3.30.